The van der Waals surface area contributed by atoms with Gasteiger partial charge in [-0.05, 0) is 36.2 Å². The van der Waals surface area contributed by atoms with E-state index >= 15 is 0 Å². The fraction of sp³-hybridized carbons (Fsp3) is 0.263. The fourth-order valence-corrected chi connectivity index (χ4v) is 3.31. The first kappa shape index (κ1) is 16.5. The van der Waals surface area contributed by atoms with E-state index in [0.717, 1.165) is 5.56 Å². The Hall–Kier alpha value is -2.33. The predicted molar refractivity (Wildman–Crippen MR) is 94.8 cm³/mol. The third-order valence-electron chi connectivity index (χ3n) is 4.45. The van der Waals surface area contributed by atoms with E-state index in [0.29, 0.717) is 23.6 Å². The number of nitrogens with one attached hydrogen (secondary N) is 1. The van der Waals surface area contributed by atoms with Crippen molar-refractivity contribution in [3.05, 3.63) is 65.2 Å². The lowest BCUT2D eigenvalue weighted by atomic mass is 9.84. The van der Waals surface area contributed by atoms with Crippen LogP contribution in [0.2, 0.25) is 5.02 Å². The zero-order valence-electron chi connectivity index (χ0n) is 13.4. The molecule has 1 saturated heterocycles. The summed E-state index contributed by atoms with van der Waals surface area (Å²) in [6, 6.07) is 16.5. The summed E-state index contributed by atoms with van der Waals surface area (Å²) in [6.07, 6.45) is 0.931. The topological polar surface area (TPSA) is 49.4 Å². The minimum atomic E-state index is -0.286. The number of benzene rings is 2. The van der Waals surface area contributed by atoms with Crippen LogP contribution in [0.25, 0.3) is 0 Å². The molecule has 1 fully saturated rings. The van der Waals surface area contributed by atoms with Crippen LogP contribution < -0.4 is 5.32 Å². The van der Waals surface area contributed by atoms with Crippen molar-refractivity contribution in [2.24, 2.45) is 5.92 Å². The summed E-state index contributed by atoms with van der Waals surface area (Å²) in [4.78, 5) is 26.6. The molecule has 24 heavy (non-hydrogen) atoms. The van der Waals surface area contributed by atoms with E-state index in [9.17, 15) is 9.59 Å². The maximum absolute atomic E-state index is 12.8. The Morgan fingerprint density at radius 3 is 2.46 bits per heavy atom. The number of hydrogen-bond donors (Lipinski definition) is 1. The van der Waals surface area contributed by atoms with Crippen LogP contribution in [0, 0.1) is 5.92 Å². The highest BCUT2D eigenvalue weighted by molar-refractivity contribution is 6.30. The molecule has 124 valence electrons. The van der Waals surface area contributed by atoms with Crippen molar-refractivity contribution in [2.45, 2.75) is 18.9 Å². The molecule has 0 aromatic heterocycles. The molecule has 3 rings (SSSR count). The Morgan fingerprint density at radius 2 is 1.79 bits per heavy atom. The van der Waals surface area contributed by atoms with E-state index in [1.165, 1.54) is 0 Å². The quantitative estimate of drug-likeness (QED) is 0.920. The molecule has 1 heterocycles. The van der Waals surface area contributed by atoms with Gasteiger partial charge in [0.05, 0.1) is 12.0 Å². The average molecular weight is 343 g/mol. The van der Waals surface area contributed by atoms with Crippen LogP contribution in [-0.4, -0.2) is 23.8 Å². The molecular formula is C19H19ClN2O2. The summed E-state index contributed by atoms with van der Waals surface area (Å²) in [5, 5.41) is 3.56. The monoisotopic (exact) mass is 342 g/mol. The van der Waals surface area contributed by atoms with E-state index in [1.54, 1.807) is 36.2 Å². The third-order valence-corrected chi connectivity index (χ3v) is 4.70. The van der Waals surface area contributed by atoms with E-state index < -0.39 is 0 Å². The number of anilines is 1. The molecule has 5 heteroatoms. The van der Waals surface area contributed by atoms with Crippen LogP contribution in [0.1, 0.15) is 24.4 Å². The normalized spacial score (nSPS) is 20.8. The van der Waals surface area contributed by atoms with Gasteiger partial charge in [0.15, 0.2) is 0 Å². The lowest BCUT2D eigenvalue weighted by Gasteiger charge is -2.38. The Kier molecular flexibility index (Phi) is 4.86. The Bertz CT molecular complexity index is 731. The van der Waals surface area contributed by atoms with Gasteiger partial charge in [-0.1, -0.05) is 41.9 Å². The summed E-state index contributed by atoms with van der Waals surface area (Å²) in [5.41, 5.74) is 1.68. The number of rotatable bonds is 3. The zero-order valence-corrected chi connectivity index (χ0v) is 14.2. The van der Waals surface area contributed by atoms with Crippen molar-refractivity contribution < 1.29 is 9.59 Å². The van der Waals surface area contributed by atoms with Crippen molar-refractivity contribution >= 4 is 29.1 Å². The van der Waals surface area contributed by atoms with Crippen molar-refractivity contribution in [3.8, 4) is 0 Å². The summed E-state index contributed by atoms with van der Waals surface area (Å²) < 4.78 is 0. The van der Waals surface area contributed by atoms with Crippen molar-refractivity contribution in [3.63, 3.8) is 0 Å². The Morgan fingerprint density at radius 1 is 1.12 bits per heavy atom. The van der Waals surface area contributed by atoms with Crippen LogP contribution in [-0.2, 0) is 9.59 Å². The number of nitrogens with zero attached hydrogens (tertiary/aromatic N) is 1. The van der Waals surface area contributed by atoms with Gasteiger partial charge < -0.3 is 10.2 Å². The largest absolute Gasteiger partial charge is 0.338 e. The van der Waals surface area contributed by atoms with E-state index in [-0.39, 0.29) is 23.8 Å². The number of hydrogen-bond acceptors (Lipinski definition) is 2. The maximum atomic E-state index is 12.8. The van der Waals surface area contributed by atoms with Crippen molar-refractivity contribution in [1.82, 2.24) is 4.90 Å². The first-order valence-corrected chi connectivity index (χ1v) is 8.31. The predicted octanol–water partition coefficient (Wildman–Crippen LogP) is 3.89. The third kappa shape index (κ3) is 3.44. The summed E-state index contributed by atoms with van der Waals surface area (Å²) in [5.74, 6) is -0.296. The fourth-order valence-electron chi connectivity index (χ4n) is 3.19. The highest BCUT2D eigenvalue weighted by Gasteiger charge is 2.38. The number of carbonyl (C=O) groups is 2. The first-order chi connectivity index (χ1) is 11.6. The second-order valence-corrected chi connectivity index (χ2v) is 6.44. The molecule has 0 saturated carbocycles. The van der Waals surface area contributed by atoms with Gasteiger partial charge in [0.2, 0.25) is 11.8 Å². The number of halogens is 1. The molecular weight excluding hydrogens is 324 g/mol. The van der Waals surface area contributed by atoms with E-state index in [2.05, 4.69) is 5.32 Å². The molecule has 2 amide bonds. The van der Waals surface area contributed by atoms with Gasteiger partial charge in [-0.3, -0.25) is 9.59 Å². The van der Waals surface area contributed by atoms with Gasteiger partial charge in [0.1, 0.15) is 0 Å². The average Bonchev–Trinajstić information content (AvgIpc) is 2.60. The molecule has 2 aromatic rings. The molecule has 4 nitrogen and oxygen atoms in total. The highest BCUT2D eigenvalue weighted by atomic mass is 35.5. The second kappa shape index (κ2) is 7.05. The summed E-state index contributed by atoms with van der Waals surface area (Å²) in [6.45, 7) is 0. The lowest BCUT2D eigenvalue weighted by Crippen LogP contribution is -2.44. The highest BCUT2D eigenvalue weighted by Crippen LogP contribution is 2.36. The number of amides is 2. The van der Waals surface area contributed by atoms with Gasteiger partial charge in [0, 0.05) is 24.2 Å². The van der Waals surface area contributed by atoms with Crippen LogP contribution in [0.3, 0.4) is 0 Å². The van der Waals surface area contributed by atoms with Gasteiger partial charge in [-0.25, -0.2) is 0 Å². The molecule has 1 aliphatic rings. The van der Waals surface area contributed by atoms with Crippen molar-refractivity contribution in [2.75, 3.05) is 12.4 Å². The molecule has 2 aromatic carbocycles. The molecule has 2 atom stereocenters. The van der Waals surface area contributed by atoms with Gasteiger partial charge in [-0.2, -0.15) is 0 Å². The standard InChI is InChI=1S/C19H19ClN2O2/c1-22-17(23)12-11-16(18(22)13-5-3-2-4-6-13)19(24)21-15-9-7-14(20)8-10-15/h2-10,16,18H,11-12H2,1H3,(H,21,24)/t16-,18+/m0/s1. The van der Waals surface area contributed by atoms with Gasteiger partial charge >= 0.3 is 0 Å². The molecule has 0 radical (unpaired) electrons. The molecule has 1 aliphatic heterocycles. The molecule has 0 aliphatic carbocycles. The van der Waals surface area contributed by atoms with Crippen LogP contribution in [0.15, 0.2) is 54.6 Å². The lowest BCUT2D eigenvalue weighted by molar-refractivity contribution is -0.140. The van der Waals surface area contributed by atoms with Crippen LogP contribution >= 0.6 is 11.6 Å². The minimum Gasteiger partial charge on any atom is -0.338 e. The molecule has 0 spiro atoms. The minimum absolute atomic E-state index is 0.0689. The number of piperidine rings is 1. The molecule has 1 N–H and O–H groups in total. The van der Waals surface area contributed by atoms with E-state index in [4.69, 9.17) is 11.6 Å². The SMILES string of the molecule is CN1C(=O)CC[C@H](C(=O)Nc2ccc(Cl)cc2)[C@H]1c1ccccc1. The molecule has 0 bridgehead atoms. The Labute approximate surface area is 146 Å². The number of carbonyl (C=O) groups excluding carboxylic acids is 2. The maximum Gasteiger partial charge on any atom is 0.229 e. The first-order valence-electron chi connectivity index (χ1n) is 7.93. The Balaban J connectivity index is 1.84. The van der Waals surface area contributed by atoms with Gasteiger partial charge in [-0.15, -0.1) is 0 Å². The van der Waals surface area contributed by atoms with Crippen LogP contribution in [0.4, 0.5) is 5.69 Å². The summed E-state index contributed by atoms with van der Waals surface area (Å²) in [7, 11) is 1.77. The van der Waals surface area contributed by atoms with Crippen LogP contribution in [0.5, 0.6) is 0 Å². The smallest absolute Gasteiger partial charge is 0.229 e. The van der Waals surface area contributed by atoms with E-state index in [1.807, 2.05) is 30.3 Å². The van der Waals surface area contributed by atoms with Crippen molar-refractivity contribution in [1.29, 1.82) is 0 Å². The molecule has 0 unspecified atom stereocenters. The second-order valence-electron chi connectivity index (χ2n) is 6.00. The number of likely N-dealkylation sites (tertiary alicyclic amines) is 1. The van der Waals surface area contributed by atoms with Gasteiger partial charge in [0.25, 0.3) is 0 Å². The summed E-state index contributed by atoms with van der Waals surface area (Å²) >= 11 is 5.88. The zero-order chi connectivity index (χ0) is 17.1.